The van der Waals surface area contributed by atoms with E-state index in [0.717, 1.165) is 32.4 Å². The van der Waals surface area contributed by atoms with Crippen LogP contribution in [-0.2, 0) is 0 Å². The van der Waals surface area contributed by atoms with Crippen molar-refractivity contribution in [1.82, 2.24) is 10.2 Å². The Kier molecular flexibility index (Phi) is 7.07. The summed E-state index contributed by atoms with van der Waals surface area (Å²) in [5.74, 6) is 0. The van der Waals surface area contributed by atoms with Crippen molar-refractivity contribution in [1.29, 1.82) is 0 Å². The first kappa shape index (κ1) is 12.0. The van der Waals surface area contributed by atoms with Gasteiger partial charge in [-0.3, -0.25) is 0 Å². The van der Waals surface area contributed by atoms with E-state index >= 15 is 0 Å². The molecular formula is C10H20N2O. The third kappa shape index (κ3) is 6.20. The molecule has 0 rings (SSSR count). The van der Waals surface area contributed by atoms with Crippen LogP contribution < -0.4 is 5.32 Å². The van der Waals surface area contributed by atoms with Gasteiger partial charge in [-0.1, -0.05) is 13.0 Å². The van der Waals surface area contributed by atoms with Gasteiger partial charge < -0.3 is 10.2 Å². The Morgan fingerprint density at radius 2 is 2.31 bits per heavy atom. The van der Waals surface area contributed by atoms with Gasteiger partial charge in [0.05, 0.1) is 0 Å². The minimum absolute atomic E-state index is 0.0194. The lowest BCUT2D eigenvalue weighted by atomic mass is 10.3. The Bertz CT molecular complexity index is 157. The molecule has 0 bridgehead atoms. The molecule has 13 heavy (non-hydrogen) atoms. The molecule has 3 nitrogen and oxygen atoms in total. The summed E-state index contributed by atoms with van der Waals surface area (Å²) in [7, 11) is 1.81. The Morgan fingerprint density at radius 1 is 1.62 bits per heavy atom. The highest BCUT2D eigenvalue weighted by molar-refractivity contribution is 5.73. The SMILES string of the molecule is C=CCCCN(C)C(=O)NCCC. The molecule has 0 aromatic rings. The van der Waals surface area contributed by atoms with Gasteiger partial charge in [-0.2, -0.15) is 0 Å². The molecule has 0 unspecified atom stereocenters. The average molecular weight is 184 g/mol. The molecule has 0 aromatic carbocycles. The lowest BCUT2D eigenvalue weighted by molar-refractivity contribution is 0.208. The summed E-state index contributed by atoms with van der Waals surface area (Å²) in [5, 5.41) is 2.82. The maximum atomic E-state index is 11.3. The Balaban J connectivity index is 3.50. The van der Waals surface area contributed by atoms with Gasteiger partial charge in [-0.05, 0) is 19.3 Å². The van der Waals surface area contributed by atoms with E-state index in [2.05, 4.69) is 11.9 Å². The molecule has 2 amide bonds. The summed E-state index contributed by atoms with van der Waals surface area (Å²) in [4.78, 5) is 13.0. The number of hydrogen-bond donors (Lipinski definition) is 1. The van der Waals surface area contributed by atoms with Crippen molar-refractivity contribution in [3.8, 4) is 0 Å². The Labute approximate surface area is 80.8 Å². The van der Waals surface area contributed by atoms with E-state index in [4.69, 9.17) is 0 Å². The summed E-state index contributed by atoms with van der Waals surface area (Å²) >= 11 is 0. The van der Waals surface area contributed by atoms with Gasteiger partial charge in [-0.15, -0.1) is 6.58 Å². The molecule has 0 fully saturated rings. The second-order valence-corrected chi connectivity index (χ2v) is 3.08. The van der Waals surface area contributed by atoms with E-state index in [9.17, 15) is 4.79 Å². The van der Waals surface area contributed by atoms with Crippen molar-refractivity contribution in [3.63, 3.8) is 0 Å². The van der Waals surface area contributed by atoms with Gasteiger partial charge in [0.2, 0.25) is 0 Å². The van der Waals surface area contributed by atoms with Gasteiger partial charge in [0.1, 0.15) is 0 Å². The van der Waals surface area contributed by atoms with Crippen LogP contribution in [0.25, 0.3) is 0 Å². The topological polar surface area (TPSA) is 32.3 Å². The average Bonchev–Trinajstić information content (AvgIpc) is 2.14. The molecule has 0 atom stereocenters. The number of nitrogens with zero attached hydrogens (tertiary/aromatic N) is 1. The van der Waals surface area contributed by atoms with E-state index < -0.39 is 0 Å². The molecule has 76 valence electrons. The number of carbonyl (C=O) groups excluding carboxylic acids is 1. The first-order valence-electron chi connectivity index (χ1n) is 4.82. The van der Waals surface area contributed by atoms with Crippen LogP contribution in [0.5, 0.6) is 0 Å². The minimum atomic E-state index is 0.0194. The number of nitrogens with one attached hydrogen (secondary N) is 1. The monoisotopic (exact) mass is 184 g/mol. The number of allylic oxidation sites excluding steroid dienone is 1. The van der Waals surface area contributed by atoms with E-state index in [1.54, 1.807) is 4.90 Å². The summed E-state index contributed by atoms with van der Waals surface area (Å²) in [6, 6.07) is 0.0194. The van der Waals surface area contributed by atoms with Gasteiger partial charge >= 0.3 is 6.03 Å². The van der Waals surface area contributed by atoms with Crippen LogP contribution in [0.15, 0.2) is 12.7 Å². The number of hydrogen-bond acceptors (Lipinski definition) is 1. The van der Waals surface area contributed by atoms with Crippen molar-refractivity contribution >= 4 is 6.03 Å². The van der Waals surface area contributed by atoms with Crippen LogP contribution in [-0.4, -0.2) is 31.1 Å². The molecule has 0 aliphatic carbocycles. The second kappa shape index (κ2) is 7.65. The smallest absolute Gasteiger partial charge is 0.317 e. The number of urea groups is 1. The molecule has 3 heteroatoms. The Morgan fingerprint density at radius 3 is 2.85 bits per heavy atom. The summed E-state index contributed by atoms with van der Waals surface area (Å²) in [6.45, 7) is 7.22. The first-order valence-corrected chi connectivity index (χ1v) is 4.82. The predicted octanol–water partition coefficient (Wildman–Crippen LogP) is 2.00. The second-order valence-electron chi connectivity index (χ2n) is 3.08. The molecule has 0 saturated carbocycles. The van der Waals surface area contributed by atoms with Crippen LogP contribution in [0.4, 0.5) is 4.79 Å². The highest BCUT2D eigenvalue weighted by Gasteiger charge is 2.04. The minimum Gasteiger partial charge on any atom is -0.338 e. The molecule has 1 N–H and O–H groups in total. The fraction of sp³-hybridized carbons (Fsp3) is 0.700. The van der Waals surface area contributed by atoms with Crippen LogP contribution in [0, 0.1) is 0 Å². The van der Waals surface area contributed by atoms with Crippen molar-refractivity contribution in [2.45, 2.75) is 26.2 Å². The molecule has 0 aromatic heterocycles. The standard InChI is InChI=1S/C10H20N2O/c1-4-6-7-9-12(3)10(13)11-8-5-2/h4H,1,5-9H2,2-3H3,(H,11,13). The lowest BCUT2D eigenvalue weighted by Gasteiger charge is -2.16. The molecule has 0 aliphatic heterocycles. The van der Waals surface area contributed by atoms with E-state index in [-0.39, 0.29) is 6.03 Å². The quantitative estimate of drug-likeness (QED) is 0.497. The van der Waals surface area contributed by atoms with Crippen LogP contribution >= 0.6 is 0 Å². The molecule has 0 aliphatic rings. The molecular weight excluding hydrogens is 164 g/mol. The van der Waals surface area contributed by atoms with Gasteiger partial charge in [0.15, 0.2) is 0 Å². The number of rotatable bonds is 6. The van der Waals surface area contributed by atoms with E-state index in [1.165, 1.54) is 0 Å². The Hall–Kier alpha value is -0.990. The van der Waals surface area contributed by atoms with Gasteiger partial charge in [0.25, 0.3) is 0 Å². The van der Waals surface area contributed by atoms with Gasteiger partial charge in [-0.25, -0.2) is 4.79 Å². The molecule has 0 heterocycles. The zero-order valence-electron chi connectivity index (χ0n) is 8.68. The molecule has 0 spiro atoms. The fourth-order valence-electron chi connectivity index (χ4n) is 0.941. The normalized spacial score (nSPS) is 9.38. The maximum absolute atomic E-state index is 11.3. The van der Waals surface area contributed by atoms with E-state index in [1.807, 2.05) is 20.0 Å². The van der Waals surface area contributed by atoms with E-state index in [0.29, 0.717) is 0 Å². The number of unbranched alkanes of at least 4 members (excludes halogenated alkanes) is 1. The molecule has 0 saturated heterocycles. The van der Waals surface area contributed by atoms with Crippen molar-refractivity contribution in [3.05, 3.63) is 12.7 Å². The zero-order chi connectivity index (χ0) is 10.1. The fourth-order valence-corrected chi connectivity index (χ4v) is 0.941. The van der Waals surface area contributed by atoms with Crippen molar-refractivity contribution in [2.24, 2.45) is 0 Å². The van der Waals surface area contributed by atoms with Crippen LogP contribution in [0.2, 0.25) is 0 Å². The number of carbonyl (C=O) groups is 1. The largest absolute Gasteiger partial charge is 0.338 e. The highest BCUT2D eigenvalue weighted by Crippen LogP contribution is 1.93. The number of amides is 2. The third-order valence-electron chi connectivity index (χ3n) is 1.77. The molecule has 0 radical (unpaired) electrons. The van der Waals surface area contributed by atoms with Crippen LogP contribution in [0.3, 0.4) is 0 Å². The zero-order valence-corrected chi connectivity index (χ0v) is 8.68. The van der Waals surface area contributed by atoms with Crippen molar-refractivity contribution in [2.75, 3.05) is 20.1 Å². The van der Waals surface area contributed by atoms with Crippen LogP contribution in [0.1, 0.15) is 26.2 Å². The summed E-state index contributed by atoms with van der Waals surface area (Å²) in [6.07, 6.45) is 4.80. The van der Waals surface area contributed by atoms with Crippen molar-refractivity contribution < 1.29 is 4.79 Å². The first-order chi connectivity index (χ1) is 6.22. The summed E-state index contributed by atoms with van der Waals surface area (Å²) in [5.41, 5.74) is 0. The third-order valence-corrected chi connectivity index (χ3v) is 1.77. The highest BCUT2D eigenvalue weighted by atomic mass is 16.2. The summed E-state index contributed by atoms with van der Waals surface area (Å²) < 4.78 is 0. The predicted molar refractivity (Wildman–Crippen MR) is 55.8 cm³/mol. The lowest BCUT2D eigenvalue weighted by Crippen LogP contribution is -2.38. The van der Waals surface area contributed by atoms with Gasteiger partial charge in [0, 0.05) is 20.1 Å². The maximum Gasteiger partial charge on any atom is 0.317 e.